The summed E-state index contributed by atoms with van der Waals surface area (Å²) in [7, 11) is 6.01. The third-order valence-corrected chi connectivity index (χ3v) is 5.01. The van der Waals surface area contributed by atoms with E-state index in [1.165, 1.54) is 18.5 Å². The van der Waals surface area contributed by atoms with Crippen LogP contribution in [0.25, 0.3) is 10.9 Å². The second kappa shape index (κ2) is 9.28. The van der Waals surface area contributed by atoms with Crippen LogP contribution in [0.3, 0.4) is 0 Å². The molecule has 4 aromatic rings. The van der Waals surface area contributed by atoms with Gasteiger partial charge >= 0.3 is 187 Å². The Labute approximate surface area is 191 Å². The summed E-state index contributed by atoms with van der Waals surface area (Å²) in [5, 5.41) is 7.11. The molecular formula is C22H19B2ClFN5O. The normalized spacial score (nSPS) is 10.7. The number of nitrogens with two attached hydrogens (primary N) is 1. The average molecular weight is 446 g/mol. The predicted molar refractivity (Wildman–Crippen MR) is 135 cm³/mol. The van der Waals surface area contributed by atoms with Crippen LogP contribution in [0.5, 0.6) is 5.75 Å². The van der Waals surface area contributed by atoms with Gasteiger partial charge in [0.2, 0.25) is 0 Å². The Morgan fingerprint density at radius 2 is 1.97 bits per heavy atom. The molecule has 4 rings (SSSR count). The van der Waals surface area contributed by atoms with E-state index in [9.17, 15) is 4.39 Å². The molecule has 0 bridgehead atoms. The van der Waals surface area contributed by atoms with Crippen molar-refractivity contribution in [3.63, 3.8) is 0 Å². The fourth-order valence-corrected chi connectivity index (χ4v) is 3.29. The average Bonchev–Trinajstić information content (AvgIpc) is 2.77. The molecule has 0 unspecified atom stereocenters. The summed E-state index contributed by atoms with van der Waals surface area (Å²) in [5.74, 6) is 0.682. The van der Waals surface area contributed by atoms with Crippen LogP contribution in [0.2, 0.25) is 5.02 Å². The Bertz CT molecular complexity index is 1320. The number of nitrogens with one attached hydrogen (secondary N) is 2. The Morgan fingerprint density at radius 1 is 1.12 bits per heavy atom. The van der Waals surface area contributed by atoms with Crippen LogP contribution in [0.4, 0.5) is 27.3 Å². The van der Waals surface area contributed by atoms with Gasteiger partial charge in [-0.15, -0.1) is 0 Å². The SMILES string of the molecule is B=C(COc1ccc2ncnc(Nc3ccc(F)c(Cl)c3)c2c1)Nc1cc(B)ccc1N. The van der Waals surface area contributed by atoms with Gasteiger partial charge in [0.05, 0.1) is 0 Å². The van der Waals surface area contributed by atoms with Crippen molar-refractivity contribution < 1.29 is 9.13 Å². The predicted octanol–water partition coefficient (Wildman–Crippen LogP) is 2.53. The first-order valence-electron chi connectivity index (χ1n) is 9.79. The van der Waals surface area contributed by atoms with Crippen molar-refractivity contribution in [1.82, 2.24) is 9.97 Å². The molecular weight excluding hydrogens is 426 g/mol. The topological polar surface area (TPSA) is 85.1 Å². The molecule has 10 heteroatoms. The number of benzene rings is 3. The van der Waals surface area contributed by atoms with Crippen molar-refractivity contribution in [2.45, 2.75) is 0 Å². The summed E-state index contributed by atoms with van der Waals surface area (Å²) in [5.41, 5.74) is 10.5. The number of hydrogen-bond donors (Lipinski definition) is 3. The van der Waals surface area contributed by atoms with Gasteiger partial charge in [0, 0.05) is 0 Å². The van der Waals surface area contributed by atoms with Crippen molar-refractivity contribution >= 4 is 71.8 Å². The Morgan fingerprint density at radius 3 is 2.78 bits per heavy atom. The molecule has 0 aliphatic rings. The Kier molecular flexibility index (Phi) is 6.28. The summed E-state index contributed by atoms with van der Waals surface area (Å²) in [6.07, 6.45) is 1.45. The van der Waals surface area contributed by atoms with E-state index in [0.29, 0.717) is 28.5 Å². The molecule has 6 nitrogen and oxygen atoms in total. The molecule has 0 fully saturated rings. The van der Waals surface area contributed by atoms with Crippen LogP contribution in [0.1, 0.15) is 0 Å². The third kappa shape index (κ3) is 5.00. The van der Waals surface area contributed by atoms with Crippen LogP contribution in [-0.2, 0) is 0 Å². The minimum absolute atomic E-state index is 0.0256. The van der Waals surface area contributed by atoms with E-state index in [2.05, 4.69) is 28.1 Å². The fourth-order valence-electron chi connectivity index (χ4n) is 3.11. The molecule has 1 aromatic heterocycles. The maximum atomic E-state index is 13.5. The van der Waals surface area contributed by atoms with Gasteiger partial charge in [-0.3, -0.25) is 0 Å². The van der Waals surface area contributed by atoms with E-state index in [0.717, 1.165) is 22.1 Å². The second-order valence-corrected chi connectivity index (χ2v) is 7.67. The number of aromatic nitrogens is 2. The van der Waals surface area contributed by atoms with E-state index >= 15 is 0 Å². The molecule has 0 aliphatic heterocycles. The van der Waals surface area contributed by atoms with Crippen molar-refractivity contribution in [3.05, 3.63) is 71.8 Å². The van der Waals surface area contributed by atoms with Gasteiger partial charge < -0.3 is 0 Å². The van der Waals surface area contributed by atoms with Gasteiger partial charge in [-0.1, -0.05) is 0 Å². The van der Waals surface area contributed by atoms with Crippen molar-refractivity contribution in [2.24, 2.45) is 0 Å². The summed E-state index contributed by atoms with van der Waals surface area (Å²) in [4.78, 5) is 8.59. The molecule has 0 spiro atoms. The Balaban J connectivity index is 1.50. The number of rotatable bonds is 7. The number of hydrogen-bond acceptors (Lipinski definition) is 6. The first-order chi connectivity index (χ1) is 15.4. The van der Waals surface area contributed by atoms with Gasteiger partial charge in [0.25, 0.3) is 0 Å². The number of halogens is 2. The first-order valence-corrected chi connectivity index (χ1v) is 10.2. The Hall–Kier alpha value is -3.58. The maximum absolute atomic E-state index is 13.5. The zero-order valence-corrected chi connectivity index (χ0v) is 18.1. The van der Waals surface area contributed by atoms with Gasteiger partial charge in [-0.2, -0.15) is 0 Å². The van der Waals surface area contributed by atoms with Crippen LogP contribution in [0, 0.1) is 5.82 Å². The van der Waals surface area contributed by atoms with E-state index in [4.69, 9.17) is 22.1 Å². The molecule has 1 heterocycles. The molecule has 3 aromatic carbocycles. The molecule has 0 aliphatic carbocycles. The van der Waals surface area contributed by atoms with Crippen LogP contribution < -0.4 is 26.6 Å². The number of fused-ring (bicyclic) bond motifs is 1. The number of nitrogens with zero attached hydrogens (tertiary/aromatic N) is 2. The van der Waals surface area contributed by atoms with E-state index in [1.807, 2.05) is 44.2 Å². The van der Waals surface area contributed by atoms with E-state index in [-0.39, 0.29) is 11.6 Å². The third-order valence-electron chi connectivity index (χ3n) is 4.72. The zero-order valence-electron chi connectivity index (χ0n) is 17.3. The van der Waals surface area contributed by atoms with Gasteiger partial charge in [0.15, 0.2) is 0 Å². The van der Waals surface area contributed by atoms with Crippen molar-refractivity contribution in [3.8, 4) is 5.75 Å². The van der Waals surface area contributed by atoms with Crippen molar-refractivity contribution in [2.75, 3.05) is 23.0 Å². The molecule has 0 saturated heterocycles. The van der Waals surface area contributed by atoms with E-state index < -0.39 is 5.82 Å². The second-order valence-electron chi connectivity index (χ2n) is 7.26. The van der Waals surface area contributed by atoms with Crippen LogP contribution in [0.15, 0.2) is 60.9 Å². The van der Waals surface area contributed by atoms with Crippen LogP contribution in [-0.4, -0.2) is 37.5 Å². The molecule has 0 amide bonds. The first kappa shape index (κ1) is 21.6. The fraction of sp³-hybridized carbons (Fsp3) is 0.0455. The summed E-state index contributed by atoms with van der Waals surface area (Å²) >= 11 is 5.88. The molecule has 158 valence electrons. The molecule has 0 atom stereocenters. The minimum atomic E-state index is -0.485. The van der Waals surface area contributed by atoms with Crippen molar-refractivity contribution in [1.29, 1.82) is 0 Å². The van der Waals surface area contributed by atoms with Gasteiger partial charge in [-0.05, 0) is 0 Å². The van der Waals surface area contributed by atoms with Gasteiger partial charge in [-0.25, -0.2) is 4.39 Å². The van der Waals surface area contributed by atoms with E-state index in [1.54, 1.807) is 6.07 Å². The molecule has 32 heavy (non-hydrogen) atoms. The zero-order chi connectivity index (χ0) is 22.7. The quantitative estimate of drug-likeness (QED) is 0.300. The summed E-state index contributed by atoms with van der Waals surface area (Å²) in [6.45, 7) is 0.239. The van der Waals surface area contributed by atoms with Crippen LogP contribution >= 0.6 is 11.6 Å². The standard InChI is InChI=1S/C22H19B2ClFN5O/c23-12-1-5-18(27)20(7-12)31-21(24)10-32-14-3-6-19-15(9-14)22(29-11-28-19)30-13-2-4-17(26)16(25)8-13/h1-9,11,24,31H,10,23,27H2,(H,28,29,30). The number of nitrogen functional groups attached to an aromatic ring is 1. The monoisotopic (exact) mass is 445 g/mol. The molecule has 4 N–H and O–H groups in total. The summed E-state index contributed by atoms with van der Waals surface area (Å²) < 4.78 is 19.4. The molecule has 0 radical (unpaired) electrons. The molecule has 0 saturated carbocycles. The van der Waals surface area contributed by atoms with Gasteiger partial charge in [0.1, 0.15) is 0 Å². The number of ether oxygens (including phenoxy) is 1. The number of anilines is 4. The summed E-state index contributed by atoms with van der Waals surface area (Å²) in [6, 6.07) is 15.6.